The van der Waals surface area contributed by atoms with Gasteiger partial charge in [-0.25, -0.2) is 0 Å². The number of alkyl halides is 3. The molecule has 1 fully saturated rings. The van der Waals surface area contributed by atoms with Crippen molar-refractivity contribution in [3.8, 4) is 5.75 Å². The van der Waals surface area contributed by atoms with E-state index in [0.717, 1.165) is 42.9 Å². The van der Waals surface area contributed by atoms with E-state index in [0.29, 0.717) is 37.3 Å². The predicted octanol–water partition coefficient (Wildman–Crippen LogP) is 3.38. The topological polar surface area (TPSA) is 73.4 Å². The van der Waals surface area contributed by atoms with Gasteiger partial charge in [-0.3, -0.25) is 9.10 Å². The Morgan fingerprint density at radius 1 is 1.03 bits per heavy atom. The summed E-state index contributed by atoms with van der Waals surface area (Å²) in [6, 6.07) is 10.9. The summed E-state index contributed by atoms with van der Waals surface area (Å²) in [5.41, 5.74) is 3.12. The average molecular weight is 527 g/mol. The lowest BCUT2D eigenvalue weighted by Gasteiger charge is -2.37. The number of piperazine rings is 1. The number of hydrogen-bond acceptors (Lipinski definition) is 5. The number of amides is 1. The summed E-state index contributed by atoms with van der Waals surface area (Å²) in [7, 11) is -2.42. The first kappa shape index (κ1) is 26.1. The number of carbonyl (C=O) groups excluding carboxylic acids is 1. The summed E-state index contributed by atoms with van der Waals surface area (Å²) in [6.07, 6.45) is -3.36. The van der Waals surface area contributed by atoms with Crippen LogP contribution in [-0.2, 0) is 28.0 Å². The minimum absolute atomic E-state index is 0.00102. The van der Waals surface area contributed by atoms with Gasteiger partial charge in [0.05, 0.1) is 5.69 Å². The minimum atomic E-state index is -4.79. The molecule has 2 aliphatic rings. The molecule has 0 atom stereocenters. The molecule has 0 N–H and O–H groups in total. The summed E-state index contributed by atoms with van der Waals surface area (Å²) >= 11 is 0. The minimum Gasteiger partial charge on any atom is -0.406 e. The molecule has 1 amide bonds. The molecule has 0 saturated carbocycles. The zero-order valence-electron chi connectivity index (χ0n) is 20.2. The number of halogens is 3. The maximum Gasteiger partial charge on any atom is 0.573 e. The SMILES string of the molecule is CC(=O)N1CCN(c2ccc3c(c2)CCCN3S(=O)(=O)N(C)Cc2ccc(OC(F)(F)F)cc2)CC1. The number of nitrogens with zero attached hydrogens (tertiary/aromatic N) is 4. The second-order valence-corrected chi connectivity index (χ2v) is 10.9. The number of fused-ring (bicyclic) bond motifs is 1. The number of carbonyl (C=O) groups is 1. The van der Waals surface area contributed by atoms with Crippen LogP contribution in [0.5, 0.6) is 5.75 Å². The van der Waals surface area contributed by atoms with E-state index in [1.54, 1.807) is 6.92 Å². The molecule has 2 aliphatic heterocycles. The third-order valence-corrected chi connectivity index (χ3v) is 8.32. The van der Waals surface area contributed by atoms with Crippen molar-refractivity contribution < 1.29 is 31.1 Å². The van der Waals surface area contributed by atoms with Crippen molar-refractivity contribution in [2.75, 3.05) is 49.0 Å². The standard InChI is InChI=1S/C24H29F3N4O4S/c1-18(32)29-12-14-30(15-13-29)21-7-10-23-20(16-21)4-3-11-31(23)36(33,34)28(2)17-19-5-8-22(9-6-19)35-24(25,26)27/h5-10,16H,3-4,11-15,17H2,1-2H3. The van der Waals surface area contributed by atoms with Crippen molar-refractivity contribution in [1.29, 1.82) is 0 Å². The monoisotopic (exact) mass is 526 g/mol. The van der Waals surface area contributed by atoms with Crippen molar-refractivity contribution in [3.63, 3.8) is 0 Å². The van der Waals surface area contributed by atoms with Gasteiger partial charge in [0.2, 0.25) is 5.91 Å². The Hall–Kier alpha value is -2.99. The lowest BCUT2D eigenvalue weighted by Crippen LogP contribution is -2.48. The van der Waals surface area contributed by atoms with Crippen LogP contribution < -0.4 is 13.9 Å². The highest BCUT2D eigenvalue weighted by Gasteiger charge is 2.33. The number of aryl methyl sites for hydroxylation is 1. The van der Waals surface area contributed by atoms with Crippen LogP contribution in [0.4, 0.5) is 24.5 Å². The van der Waals surface area contributed by atoms with E-state index in [4.69, 9.17) is 0 Å². The van der Waals surface area contributed by atoms with Crippen molar-refractivity contribution in [3.05, 3.63) is 53.6 Å². The number of hydrogen-bond donors (Lipinski definition) is 0. The fraction of sp³-hybridized carbons (Fsp3) is 0.458. The number of anilines is 2. The van der Waals surface area contributed by atoms with Crippen LogP contribution in [-0.4, -0.2) is 69.7 Å². The van der Waals surface area contributed by atoms with Gasteiger partial charge in [-0.05, 0) is 54.3 Å². The first-order valence-electron chi connectivity index (χ1n) is 11.7. The summed E-state index contributed by atoms with van der Waals surface area (Å²) in [5, 5.41) is 0. The summed E-state index contributed by atoms with van der Waals surface area (Å²) in [4.78, 5) is 15.6. The Balaban J connectivity index is 1.46. The van der Waals surface area contributed by atoms with Crippen LogP contribution in [0.25, 0.3) is 0 Å². The molecule has 12 heteroatoms. The molecule has 0 aromatic heterocycles. The van der Waals surface area contributed by atoms with Gasteiger partial charge in [0, 0.05) is 58.9 Å². The highest BCUT2D eigenvalue weighted by Crippen LogP contribution is 2.34. The van der Waals surface area contributed by atoms with E-state index >= 15 is 0 Å². The smallest absolute Gasteiger partial charge is 0.406 e. The van der Waals surface area contributed by atoms with E-state index in [1.165, 1.54) is 27.8 Å². The normalized spacial score (nSPS) is 16.8. The molecule has 196 valence electrons. The summed E-state index contributed by atoms with van der Waals surface area (Å²) < 4.78 is 70.4. The molecule has 1 saturated heterocycles. The van der Waals surface area contributed by atoms with Gasteiger partial charge in [-0.1, -0.05) is 12.1 Å². The van der Waals surface area contributed by atoms with E-state index in [-0.39, 0.29) is 18.2 Å². The van der Waals surface area contributed by atoms with Gasteiger partial charge >= 0.3 is 16.6 Å². The molecule has 0 unspecified atom stereocenters. The molecule has 0 spiro atoms. The highest BCUT2D eigenvalue weighted by atomic mass is 32.2. The van der Waals surface area contributed by atoms with Gasteiger partial charge < -0.3 is 14.5 Å². The molecule has 0 radical (unpaired) electrons. The molecule has 36 heavy (non-hydrogen) atoms. The Labute approximate surface area is 209 Å². The quantitative estimate of drug-likeness (QED) is 0.577. The molecule has 2 aromatic carbocycles. The van der Waals surface area contributed by atoms with Crippen molar-refractivity contribution in [2.24, 2.45) is 0 Å². The molecule has 2 aromatic rings. The second-order valence-electron chi connectivity index (χ2n) is 8.94. The lowest BCUT2D eigenvalue weighted by molar-refractivity contribution is -0.274. The zero-order chi connectivity index (χ0) is 26.1. The van der Waals surface area contributed by atoms with Gasteiger partial charge in [-0.2, -0.15) is 12.7 Å². The molecule has 0 bridgehead atoms. The number of benzene rings is 2. The van der Waals surface area contributed by atoms with Gasteiger partial charge in [0.1, 0.15) is 5.75 Å². The van der Waals surface area contributed by atoms with Crippen molar-refractivity contribution >= 4 is 27.5 Å². The predicted molar refractivity (Wildman–Crippen MR) is 130 cm³/mol. The number of rotatable bonds is 6. The van der Waals surface area contributed by atoms with Gasteiger partial charge in [0.25, 0.3) is 0 Å². The first-order chi connectivity index (χ1) is 16.9. The summed E-state index contributed by atoms with van der Waals surface area (Å²) in [5.74, 6) is -0.295. The first-order valence-corrected chi connectivity index (χ1v) is 13.1. The van der Waals surface area contributed by atoms with Crippen molar-refractivity contribution in [1.82, 2.24) is 9.21 Å². The molecule has 0 aliphatic carbocycles. The van der Waals surface area contributed by atoms with Gasteiger partial charge in [0.15, 0.2) is 0 Å². The second kappa shape index (κ2) is 10.2. The Kier molecular flexibility index (Phi) is 7.37. The third kappa shape index (κ3) is 5.86. The lowest BCUT2D eigenvalue weighted by atomic mass is 10.0. The zero-order valence-corrected chi connectivity index (χ0v) is 21.0. The maximum absolute atomic E-state index is 13.4. The Morgan fingerprint density at radius 3 is 2.31 bits per heavy atom. The van der Waals surface area contributed by atoms with E-state index in [1.807, 2.05) is 23.1 Å². The van der Waals surface area contributed by atoms with Crippen LogP contribution in [0.15, 0.2) is 42.5 Å². The third-order valence-electron chi connectivity index (χ3n) is 6.46. The van der Waals surface area contributed by atoms with E-state index in [9.17, 15) is 26.4 Å². The van der Waals surface area contributed by atoms with Gasteiger partial charge in [-0.15, -0.1) is 13.2 Å². The van der Waals surface area contributed by atoms with Crippen LogP contribution in [0.2, 0.25) is 0 Å². The average Bonchev–Trinajstić information content (AvgIpc) is 2.83. The summed E-state index contributed by atoms with van der Waals surface area (Å²) in [6.45, 7) is 4.65. The van der Waals surface area contributed by atoms with E-state index in [2.05, 4.69) is 9.64 Å². The number of ether oxygens (including phenoxy) is 1. The van der Waals surface area contributed by atoms with Crippen molar-refractivity contribution in [2.45, 2.75) is 32.7 Å². The fourth-order valence-electron chi connectivity index (χ4n) is 4.57. The molecule has 2 heterocycles. The van der Waals surface area contributed by atoms with Crippen LogP contribution in [0, 0.1) is 0 Å². The molecular weight excluding hydrogens is 497 g/mol. The Bertz CT molecular complexity index is 1200. The molecular formula is C24H29F3N4O4S. The largest absolute Gasteiger partial charge is 0.573 e. The van der Waals surface area contributed by atoms with Crippen LogP contribution in [0.1, 0.15) is 24.5 Å². The molecule has 8 nitrogen and oxygen atoms in total. The Morgan fingerprint density at radius 2 is 1.69 bits per heavy atom. The molecule has 4 rings (SSSR count). The fourth-order valence-corrected chi connectivity index (χ4v) is 6.00. The maximum atomic E-state index is 13.4. The van der Waals surface area contributed by atoms with E-state index < -0.39 is 16.6 Å². The van der Waals surface area contributed by atoms with Crippen LogP contribution >= 0.6 is 0 Å². The highest BCUT2D eigenvalue weighted by molar-refractivity contribution is 7.90. The van der Waals surface area contributed by atoms with Crippen LogP contribution in [0.3, 0.4) is 0 Å².